The van der Waals surface area contributed by atoms with Gasteiger partial charge in [-0.1, -0.05) is 6.07 Å². The van der Waals surface area contributed by atoms with Gasteiger partial charge in [-0.2, -0.15) is 0 Å². The van der Waals surface area contributed by atoms with Crippen molar-refractivity contribution >= 4 is 15.9 Å². The third-order valence-electron chi connectivity index (χ3n) is 3.90. The number of carbonyl (C=O) groups excluding carboxylic acids is 1. The van der Waals surface area contributed by atoms with Gasteiger partial charge >= 0.3 is 0 Å². The average molecular weight is 394 g/mol. The first kappa shape index (κ1) is 20.5. The van der Waals surface area contributed by atoms with Crippen LogP contribution in [0.15, 0.2) is 41.3 Å². The van der Waals surface area contributed by atoms with E-state index in [4.69, 9.17) is 14.2 Å². The number of hydrogen-bond acceptors (Lipinski definition) is 6. The van der Waals surface area contributed by atoms with Crippen molar-refractivity contribution in [2.75, 3.05) is 28.4 Å². The Kier molecular flexibility index (Phi) is 6.65. The number of sulfonamides is 1. The van der Waals surface area contributed by atoms with Crippen LogP contribution in [0.4, 0.5) is 0 Å². The highest BCUT2D eigenvalue weighted by atomic mass is 32.2. The number of carbonyl (C=O) groups is 1. The molecule has 0 saturated carbocycles. The minimum Gasteiger partial charge on any atom is -0.493 e. The van der Waals surface area contributed by atoms with Crippen molar-refractivity contribution in [1.82, 2.24) is 10.0 Å². The summed E-state index contributed by atoms with van der Waals surface area (Å²) in [6.45, 7) is 0.158. The van der Waals surface area contributed by atoms with Crippen LogP contribution in [0.2, 0.25) is 0 Å². The Bertz CT molecular complexity index is 927. The fraction of sp³-hybridized carbons (Fsp3) is 0.278. The van der Waals surface area contributed by atoms with Crippen LogP contribution in [0.5, 0.6) is 17.2 Å². The summed E-state index contributed by atoms with van der Waals surface area (Å²) in [5.41, 5.74) is 0.910. The fourth-order valence-electron chi connectivity index (χ4n) is 2.50. The third-order valence-corrected chi connectivity index (χ3v) is 5.31. The summed E-state index contributed by atoms with van der Waals surface area (Å²) in [7, 11) is 2.19. The van der Waals surface area contributed by atoms with Gasteiger partial charge < -0.3 is 19.5 Å². The molecule has 0 saturated heterocycles. The third kappa shape index (κ3) is 4.50. The van der Waals surface area contributed by atoms with Gasteiger partial charge in [0.15, 0.2) is 11.5 Å². The van der Waals surface area contributed by atoms with E-state index in [2.05, 4.69) is 10.0 Å². The molecule has 0 radical (unpaired) electrons. The zero-order valence-electron chi connectivity index (χ0n) is 15.5. The molecule has 2 rings (SSSR count). The first-order chi connectivity index (χ1) is 12.9. The van der Waals surface area contributed by atoms with Crippen LogP contribution < -0.4 is 24.2 Å². The zero-order chi connectivity index (χ0) is 20.0. The van der Waals surface area contributed by atoms with Crippen LogP contribution in [0.25, 0.3) is 0 Å². The highest BCUT2D eigenvalue weighted by molar-refractivity contribution is 7.89. The van der Waals surface area contributed by atoms with E-state index >= 15 is 0 Å². The Labute approximate surface area is 158 Å². The van der Waals surface area contributed by atoms with Crippen molar-refractivity contribution in [3.63, 3.8) is 0 Å². The maximum Gasteiger partial charge on any atom is 0.251 e. The van der Waals surface area contributed by atoms with Gasteiger partial charge in [0.2, 0.25) is 15.8 Å². The highest BCUT2D eigenvalue weighted by Gasteiger charge is 2.17. The first-order valence-corrected chi connectivity index (χ1v) is 9.46. The number of ether oxygens (including phenoxy) is 3. The summed E-state index contributed by atoms with van der Waals surface area (Å²) in [6.07, 6.45) is 0. The maximum absolute atomic E-state index is 12.4. The lowest BCUT2D eigenvalue weighted by Crippen LogP contribution is -2.24. The van der Waals surface area contributed by atoms with Crippen molar-refractivity contribution in [3.8, 4) is 17.2 Å². The van der Waals surface area contributed by atoms with Crippen molar-refractivity contribution in [2.45, 2.75) is 11.4 Å². The van der Waals surface area contributed by atoms with E-state index in [1.54, 1.807) is 12.1 Å². The number of nitrogens with one attached hydrogen (secondary N) is 2. The number of methoxy groups -OCH3 is 3. The zero-order valence-corrected chi connectivity index (χ0v) is 16.3. The van der Waals surface area contributed by atoms with E-state index in [1.165, 1.54) is 52.6 Å². The molecule has 0 aliphatic rings. The van der Waals surface area contributed by atoms with Gasteiger partial charge in [0.05, 0.1) is 26.2 Å². The molecule has 1 amide bonds. The number of benzene rings is 2. The van der Waals surface area contributed by atoms with Gasteiger partial charge in [-0.3, -0.25) is 4.79 Å². The lowest BCUT2D eigenvalue weighted by molar-refractivity contribution is 0.0950. The standard InChI is InChI=1S/C18H22N2O6S/c1-19-27(22,23)14-7-5-6-12(10-14)18(21)20-11-13-8-9-15(24-2)17(26-4)16(13)25-3/h5-10,19H,11H2,1-4H3,(H,20,21). The van der Waals surface area contributed by atoms with Crippen LogP contribution in [-0.2, 0) is 16.6 Å². The minimum atomic E-state index is -3.63. The molecule has 2 aromatic rings. The Morgan fingerprint density at radius 3 is 2.30 bits per heavy atom. The van der Waals surface area contributed by atoms with Gasteiger partial charge in [-0.05, 0) is 37.4 Å². The molecule has 2 N–H and O–H groups in total. The molecule has 0 fully saturated rings. The molecule has 8 nitrogen and oxygen atoms in total. The lowest BCUT2D eigenvalue weighted by Gasteiger charge is -2.16. The van der Waals surface area contributed by atoms with Crippen LogP contribution in [0, 0.1) is 0 Å². The predicted octanol–water partition coefficient (Wildman–Crippen LogP) is 1.55. The molecule has 0 atom stereocenters. The molecule has 0 aromatic heterocycles. The molecule has 146 valence electrons. The molecule has 0 spiro atoms. The van der Waals surface area contributed by atoms with Gasteiger partial charge in [0.1, 0.15) is 0 Å². The fourth-order valence-corrected chi connectivity index (χ4v) is 3.28. The van der Waals surface area contributed by atoms with Crippen molar-refractivity contribution in [1.29, 1.82) is 0 Å². The molecular formula is C18H22N2O6S. The molecular weight excluding hydrogens is 372 g/mol. The average Bonchev–Trinajstić information content (AvgIpc) is 2.70. The molecule has 0 aliphatic carbocycles. The smallest absolute Gasteiger partial charge is 0.251 e. The second kappa shape index (κ2) is 8.74. The lowest BCUT2D eigenvalue weighted by atomic mass is 10.1. The monoisotopic (exact) mass is 394 g/mol. The highest BCUT2D eigenvalue weighted by Crippen LogP contribution is 2.39. The molecule has 0 heterocycles. The van der Waals surface area contributed by atoms with E-state index in [0.717, 1.165) is 0 Å². The van der Waals surface area contributed by atoms with Crippen molar-refractivity contribution in [2.24, 2.45) is 0 Å². The Morgan fingerprint density at radius 2 is 1.70 bits per heavy atom. The van der Waals surface area contributed by atoms with Crippen LogP contribution in [0.3, 0.4) is 0 Å². The second-order valence-corrected chi connectivity index (χ2v) is 7.30. The van der Waals surface area contributed by atoms with E-state index < -0.39 is 15.9 Å². The molecule has 27 heavy (non-hydrogen) atoms. The quantitative estimate of drug-likeness (QED) is 0.704. The van der Waals surface area contributed by atoms with E-state index in [-0.39, 0.29) is 17.0 Å². The summed E-state index contributed by atoms with van der Waals surface area (Å²) in [4.78, 5) is 12.5. The van der Waals surface area contributed by atoms with E-state index in [1.807, 2.05) is 0 Å². The molecule has 0 aliphatic heterocycles. The molecule has 2 aromatic carbocycles. The minimum absolute atomic E-state index is 0.0151. The Morgan fingerprint density at radius 1 is 1.00 bits per heavy atom. The Balaban J connectivity index is 2.23. The number of amides is 1. The van der Waals surface area contributed by atoms with Crippen LogP contribution >= 0.6 is 0 Å². The molecule has 0 unspecified atom stereocenters. The molecule has 9 heteroatoms. The summed E-state index contributed by atoms with van der Waals surface area (Å²) in [5.74, 6) is 0.965. The van der Waals surface area contributed by atoms with E-state index in [9.17, 15) is 13.2 Å². The van der Waals surface area contributed by atoms with Gasteiger partial charge in [-0.25, -0.2) is 13.1 Å². The summed E-state index contributed by atoms with van der Waals surface area (Å²) < 4.78 is 41.9. The van der Waals surface area contributed by atoms with Crippen LogP contribution in [-0.4, -0.2) is 42.7 Å². The first-order valence-electron chi connectivity index (χ1n) is 7.97. The van der Waals surface area contributed by atoms with Crippen molar-refractivity contribution < 1.29 is 27.4 Å². The van der Waals surface area contributed by atoms with Gasteiger partial charge in [0, 0.05) is 17.7 Å². The molecule has 0 bridgehead atoms. The van der Waals surface area contributed by atoms with Gasteiger partial charge in [0.25, 0.3) is 5.91 Å². The largest absolute Gasteiger partial charge is 0.493 e. The van der Waals surface area contributed by atoms with Crippen LogP contribution in [0.1, 0.15) is 15.9 Å². The maximum atomic E-state index is 12.4. The van der Waals surface area contributed by atoms with Crippen molar-refractivity contribution in [3.05, 3.63) is 47.5 Å². The SMILES string of the molecule is CNS(=O)(=O)c1cccc(C(=O)NCc2ccc(OC)c(OC)c2OC)c1. The summed E-state index contributed by atoms with van der Waals surface area (Å²) in [5, 5.41) is 2.74. The number of rotatable bonds is 8. The van der Waals surface area contributed by atoms with E-state index in [0.29, 0.717) is 22.8 Å². The summed E-state index contributed by atoms with van der Waals surface area (Å²) >= 11 is 0. The summed E-state index contributed by atoms with van der Waals surface area (Å²) in [6, 6.07) is 9.24. The Hall–Kier alpha value is -2.78. The normalized spacial score (nSPS) is 11.0. The van der Waals surface area contributed by atoms with Gasteiger partial charge in [-0.15, -0.1) is 0 Å². The predicted molar refractivity (Wildman–Crippen MR) is 100.0 cm³/mol. The topological polar surface area (TPSA) is 103 Å². The number of hydrogen-bond donors (Lipinski definition) is 2. The second-order valence-electron chi connectivity index (χ2n) is 5.41.